The molecule has 0 heterocycles. The van der Waals surface area contributed by atoms with E-state index >= 15 is 0 Å². The Balaban J connectivity index is 1.87. The fourth-order valence-electron chi connectivity index (χ4n) is 2.34. The smallest absolute Gasteiger partial charge is 0.111 e. The van der Waals surface area contributed by atoms with Gasteiger partial charge in [0.25, 0.3) is 0 Å². The molecule has 1 aliphatic carbocycles. The molecule has 0 unspecified atom stereocenters. The Kier molecular flexibility index (Phi) is 4.56. The number of aliphatic imine (C=N–C) groups is 1. The first kappa shape index (κ1) is 12.1. The van der Waals surface area contributed by atoms with E-state index in [4.69, 9.17) is 5.84 Å². The molecule has 0 aliphatic heterocycles. The molecule has 2 rings (SSSR count). The maximum atomic E-state index is 5.53. The summed E-state index contributed by atoms with van der Waals surface area (Å²) in [5.41, 5.74) is 4.08. The van der Waals surface area contributed by atoms with E-state index in [0.717, 1.165) is 18.7 Å². The number of nitrogens with zero attached hydrogens (tertiary/aromatic N) is 1. The Labute approximate surface area is 103 Å². The molecule has 1 aromatic carbocycles. The predicted molar refractivity (Wildman–Crippen MR) is 71.8 cm³/mol. The van der Waals surface area contributed by atoms with Gasteiger partial charge in [0.15, 0.2) is 0 Å². The molecule has 3 nitrogen and oxygen atoms in total. The van der Waals surface area contributed by atoms with E-state index in [9.17, 15) is 0 Å². The van der Waals surface area contributed by atoms with E-state index in [1.54, 1.807) is 0 Å². The van der Waals surface area contributed by atoms with Crippen LogP contribution >= 0.6 is 0 Å². The van der Waals surface area contributed by atoms with E-state index in [0.29, 0.717) is 6.04 Å². The first-order valence-corrected chi connectivity index (χ1v) is 6.45. The molecule has 1 saturated carbocycles. The summed E-state index contributed by atoms with van der Waals surface area (Å²) in [5.74, 6) is 6.48. The zero-order chi connectivity index (χ0) is 11.9. The number of nitrogens with one attached hydrogen (secondary N) is 1. The van der Waals surface area contributed by atoms with Crippen LogP contribution in [0.25, 0.3) is 0 Å². The van der Waals surface area contributed by atoms with Gasteiger partial charge in [-0.15, -0.1) is 0 Å². The van der Waals surface area contributed by atoms with Crippen molar-refractivity contribution in [3.05, 3.63) is 35.9 Å². The fraction of sp³-hybridized carbons (Fsp3) is 0.500. The molecule has 0 bridgehead atoms. The third-order valence-electron chi connectivity index (χ3n) is 3.32. The number of benzene rings is 1. The quantitative estimate of drug-likeness (QED) is 0.362. The molecular weight excluding hydrogens is 210 g/mol. The minimum atomic E-state index is 0.497. The molecule has 0 radical (unpaired) electrons. The van der Waals surface area contributed by atoms with Crippen LogP contribution in [0.2, 0.25) is 0 Å². The third-order valence-corrected chi connectivity index (χ3v) is 3.32. The first-order chi connectivity index (χ1) is 8.38. The molecule has 0 amide bonds. The number of hydrogen-bond acceptors (Lipinski definition) is 2. The van der Waals surface area contributed by atoms with Crippen molar-refractivity contribution in [2.75, 3.05) is 0 Å². The third kappa shape index (κ3) is 3.86. The summed E-state index contributed by atoms with van der Waals surface area (Å²) < 4.78 is 0. The molecule has 0 saturated heterocycles. The molecule has 3 heteroatoms. The first-order valence-electron chi connectivity index (χ1n) is 6.45. The van der Waals surface area contributed by atoms with Gasteiger partial charge in [0.2, 0.25) is 0 Å². The number of rotatable bonds is 4. The Hall–Kier alpha value is -1.35. The standard InChI is InChI=1S/C14H21N3/c15-17-14(16-13-8-4-5-9-13)11-10-12-6-2-1-3-7-12/h1-3,6-7,13H,4-5,8-11,15H2,(H,16,17). The fourth-order valence-corrected chi connectivity index (χ4v) is 2.34. The molecule has 3 N–H and O–H groups in total. The van der Waals surface area contributed by atoms with Crippen LogP contribution in [-0.4, -0.2) is 11.9 Å². The van der Waals surface area contributed by atoms with E-state index in [-0.39, 0.29) is 0 Å². The lowest BCUT2D eigenvalue weighted by atomic mass is 10.1. The van der Waals surface area contributed by atoms with Crippen LogP contribution in [-0.2, 0) is 6.42 Å². The minimum Gasteiger partial charge on any atom is -0.312 e. The summed E-state index contributed by atoms with van der Waals surface area (Å²) in [6, 6.07) is 11.0. The van der Waals surface area contributed by atoms with Gasteiger partial charge in [-0.25, -0.2) is 5.84 Å². The maximum Gasteiger partial charge on any atom is 0.111 e. The van der Waals surface area contributed by atoms with Crippen molar-refractivity contribution in [1.29, 1.82) is 0 Å². The molecular formula is C14H21N3. The van der Waals surface area contributed by atoms with Gasteiger partial charge in [-0.3, -0.25) is 4.99 Å². The minimum absolute atomic E-state index is 0.497. The van der Waals surface area contributed by atoms with Crippen LogP contribution < -0.4 is 11.3 Å². The molecule has 92 valence electrons. The molecule has 17 heavy (non-hydrogen) atoms. The molecule has 1 aliphatic rings. The normalized spacial score (nSPS) is 17.4. The lowest BCUT2D eigenvalue weighted by Crippen LogP contribution is -2.31. The van der Waals surface area contributed by atoms with Crippen molar-refractivity contribution in [3.8, 4) is 0 Å². The summed E-state index contributed by atoms with van der Waals surface area (Å²) in [7, 11) is 0. The number of nitrogens with two attached hydrogens (primary N) is 1. The van der Waals surface area contributed by atoms with Crippen LogP contribution in [0.4, 0.5) is 0 Å². The Bertz CT molecular complexity index is 353. The summed E-state index contributed by atoms with van der Waals surface area (Å²) in [6.07, 6.45) is 6.95. The largest absolute Gasteiger partial charge is 0.312 e. The van der Waals surface area contributed by atoms with Crippen LogP contribution in [0.15, 0.2) is 35.3 Å². The van der Waals surface area contributed by atoms with Crippen LogP contribution in [0.1, 0.15) is 37.7 Å². The zero-order valence-electron chi connectivity index (χ0n) is 10.2. The SMILES string of the molecule is NNC(CCc1ccccc1)=NC1CCCC1. The van der Waals surface area contributed by atoms with Crippen LogP contribution in [0.5, 0.6) is 0 Å². The van der Waals surface area contributed by atoms with Crippen molar-refractivity contribution in [2.45, 2.75) is 44.6 Å². The second-order valence-electron chi connectivity index (χ2n) is 4.64. The highest BCUT2D eigenvalue weighted by molar-refractivity contribution is 5.82. The number of aryl methyl sites for hydroxylation is 1. The van der Waals surface area contributed by atoms with E-state index < -0.39 is 0 Å². The van der Waals surface area contributed by atoms with Crippen LogP contribution in [0, 0.1) is 0 Å². The Morgan fingerprint density at radius 1 is 1.24 bits per heavy atom. The second kappa shape index (κ2) is 6.40. The highest BCUT2D eigenvalue weighted by Crippen LogP contribution is 2.21. The molecule has 0 spiro atoms. The molecule has 1 fully saturated rings. The van der Waals surface area contributed by atoms with Gasteiger partial charge >= 0.3 is 0 Å². The lowest BCUT2D eigenvalue weighted by Gasteiger charge is -2.09. The number of hydrazine groups is 1. The van der Waals surface area contributed by atoms with Gasteiger partial charge in [-0.2, -0.15) is 0 Å². The predicted octanol–water partition coefficient (Wildman–Crippen LogP) is 2.42. The Morgan fingerprint density at radius 3 is 2.59 bits per heavy atom. The monoisotopic (exact) mass is 231 g/mol. The summed E-state index contributed by atoms with van der Waals surface area (Å²) in [6.45, 7) is 0. The highest BCUT2D eigenvalue weighted by Gasteiger charge is 2.14. The number of hydrogen-bond donors (Lipinski definition) is 2. The summed E-state index contributed by atoms with van der Waals surface area (Å²) in [5, 5.41) is 0. The Morgan fingerprint density at radius 2 is 1.94 bits per heavy atom. The average molecular weight is 231 g/mol. The van der Waals surface area contributed by atoms with Crippen molar-refractivity contribution in [1.82, 2.24) is 5.43 Å². The van der Waals surface area contributed by atoms with Crippen molar-refractivity contribution in [2.24, 2.45) is 10.8 Å². The lowest BCUT2D eigenvalue weighted by molar-refractivity contribution is 0.694. The van der Waals surface area contributed by atoms with Gasteiger partial charge < -0.3 is 5.43 Å². The van der Waals surface area contributed by atoms with Crippen LogP contribution in [0.3, 0.4) is 0 Å². The molecule has 0 aromatic heterocycles. The zero-order valence-corrected chi connectivity index (χ0v) is 10.2. The van der Waals surface area contributed by atoms with E-state index in [1.165, 1.54) is 31.2 Å². The van der Waals surface area contributed by atoms with E-state index in [2.05, 4.69) is 34.7 Å². The van der Waals surface area contributed by atoms with Crippen molar-refractivity contribution >= 4 is 5.84 Å². The summed E-state index contributed by atoms with van der Waals surface area (Å²) >= 11 is 0. The second-order valence-corrected chi connectivity index (χ2v) is 4.64. The van der Waals surface area contributed by atoms with E-state index in [1.807, 2.05) is 6.07 Å². The van der Waals surface area contributed by atoms with Gasteiger partial charge in [-0.1, -0.05) is 43.2 Å². The van der Waals surface area contributed by atoms with Crippen molar-refractivity contribution < 1.29 is 0 Å². The molecule has 0 atom stereocenters. The van der Waals surface area contributed by atoms with Gasteiger partial charge in [0.05, 0.1) is 6.04 Å². The molecule has 1 aromatic rings. The summed E-state index contributed by atoms with van der Waals surface area (Å²) in [4.78, 5) is 4.69. The van der Waals surface area contributed by atoms with Gasteiger partial charge in [0, 0.05) is 6.42 Å². The highest BCUT2D eigenvalue weighted by atomic mass is 15.3. The number of amidine groups is 1. The average Bonchev–Trinajstić information content (AvgIpc) is 2.88. The van der Waals surface area contributed by atoms with Gasteiger partial charge in [-0.05, 0) is 24.8 Å². The topological polar surface area (TPSA) is 50.4 Å². The van der Waals surface area contributed by atoms with Gasteiger partial charge in [0.1, 0.15) is 5.84 Å². The van der Waals surface area contributed by atoms with Crippen molar-refractivity contribution in [3.63, 3.8) is 0 Å². The maximum absolute atomic E-state index is 5.53.